The summed E-state index contributed by atoms with van der Waals surface area (Å²) < 4.78 is 45.8. The minimum atomic E-state index is -4.58. The summed E-state index contributed by atoms with van der Waals surface area (Å²) >= 11 is 0. The van der Waals surface area contributed by atoms with Gasteiger partial charge in [0.25, 0.3) is 0 Å². The molecular formula is C30H38F3N5O4. The average Bonchev–Trinajstić information content (AvgIpc) is 2.99. The number of nitrogens with one attached hydrogen (secondary N) is 3. The van der Waals surface area contributed by atoms with Crippen molar-refractivity contribution in [3.05, 3.63) is 64.7 Å². The number of rotatable bonds is 9. The molecule has 1 aliphatic heterocycles. The lowest BCUT2D eigenvalue weighted by molar-refractivity contribution is -0.139. The number of amides is 4. The fourth-order valence-electron chi connectivity index (χ4n) is 5.50. The zero-order chi connectivity index (χ0) is 30.1. The molecular weight excluding hydrogens is 551 g/mol. The summed E-state index contributed by atoms with van der Waals surface area (Å²) in [5.74, 6) is -0.450. The number of fused-ring (bicyclic) bond motifs is 1. The van der Waals surface area contributed by atoms with Gasteiger partial charge >= 0.3 is 18.3 Å². The summed E-state index contributed by atoms with van der Waals surface area (Å²) in [5, 5.41) is 8.61. The fraction of sp³-hybridized carbons (Fsp3) is 0.500. The second kappa shape index (κ2) is 14.3. The van der Waals surface area contributed by atoms with Crippen LogP contribution in [0.4, 0.5) is 28.4 Å². The molecule has 0 bridgehead atoms. The first-order chi connectivity index (χ1) is 20.2. The van der Waals surface area contributed by atoms with Crippen LogP contribution in [0.5, 0.6) is 0 Å². The molecule has 228 valence electrons. The summed E-state index contributed by atoms with van der Waals surface area (Å²) in [6, 6.07) is 10.9. The Kier molecular flexibility index (Phi) is 10.5. The number of ether oxygens (including phenoxy) is 1. The zero-order valence-electron chi connectivity index (χ0n) is 23.8. The lowest BCUT2D eigenvalue weighted by atomic mass is 9.95. The van der Waals surface area contributed by atoms with E-state index in [2.05, 4.69) is 16.0 Å². The molecule has 1 fully saturated rings. The SMILES string of the molecule is CNC(=O)OCCN(Cc1ccccc1C(F)(F)F)C(=O)CNc1cccc2c1CCN(C(=O)NC1CCCCC1)C2. The Morgan fingerprint density at radius 2 is 1.81 bits per heavy atom. The van der Waals surface area contributed by atoms with Gasteiger partial charge in [0.2, 0.25) is 5.91 Å². The van der Waals surface area contributed by atoms with Crippen molar-refractivity contribution in [1.29, 1.82) is 0 Å². The number of hydrogen-bond acceptors (Lipinski definition) is 5. The number of nitrogens with zero attached hydrogens (tertiary/aromatic N) is 2. The summed E-state index contributed by atoms with van der Waals surface area (Å²) in [4.78, 5) is 40.7. The maximum absolute atomic E-state index is 13.6. The second-order valence-corrected chi connectivity index (χ2v) is 10.6. The van der Waals surface area contributed by atoms with Crippen molar-refractivity contribution in [3.8, 4) is 0 Å². The first-order valence-electron chi connectivity index (χ1n) is 14.3. The van der Waals surface area contributed by atoms with Gasteiger partial charge in [-0.3, -0.25) is 4.79 Å². The fourth-order valence-corrected chi connectivity index (χ4v) is 5.50. The molecule has 12 heteroatoms. The van der Waals surface area contributed by atoms with Crippen LogP contribution in [0.2, 0.25) is 0 Å². The van der Waals surface area contributed by atoms with Crippen molar-refractivity contribution in [1.82, 2.24) is 20.4 Å². The first-order valence-corrected chi connectivity index (χ1v) is 14.3. The molecule has 1 heterocycles. The molecule has 2 aliphatic rings. The van der Waals surface area contributed by atoms with E-state index in [9.17, 15) is 27.6 Å². The number of alkyl carbamates (subject to hydrolysis) is 1. The maximum atomic E-state index is 13.6. The molecule has 1 aliphatic carbocycles. The van der Waals surface area contributed by atoms with Crippen LogP contribution in [-0.4, -0.2) is 67.2 Å². The quantitative estimate of drug-likeness (QED) is 0.386. The van der Waals surface area contributed by atoms with Crippen molar-refractivity contribution in [2.24, 2.45) is 0 Å². The Morgan fingerprint density at radius 3 is 2.55 bits per heavy atom. The minimum absolute atomic E-state index is 0.0537. The minimum Gasteiger partial charge on any atom is -0.448 e. The van der Waals surface area contributed by atoms with Crippen LogP contribution in [0.15, 0.2) is 42.5 Å². The lowest BCUT2D eigenvalue weighted by Gasteiger charge is -2.33. The Balaban J connectivity index is 1.41. The smallest absolute Gasteiger partial charge is 0.416 e. The van der Waals surface area contributed by atoms with Gasteiger partial charge in [-0.25, -0.2) is 9.59 Å². The number of carbonyl (C=O) groups is 3. The number of benzene rings is 2. The second-order valence-electron chi connectivity index (χ2n) is 10.6. The van der Waals surface area contributed by atoms with Crippen molar-refractivity contribution in [3.63, 3.8) is 0 Å². The van der Waals surface area contributed by atoms with Crippen molar-refractivity contribution in [2.45, 2.75) is 63.8 Å². The van der Waals surface area contributed by atoms with E-state index in [0.29, 0.717) is 19.5 Å². The molecule has 1 saturated carbocycles. The van der Waals surface area contributed by atoms with E-state index in [1.165, 1.54) is 36.6 Å². The topological polar surface area (TPSA) is 103 Å². The predicted octanol–water partition coefficient (Wildman–Crippen LogP) is 4.90. The van der Waals surface area contributed by atoms with Gasteiger partial charge in [-0.1, -0.05) is 49.6 Å². The van der Waals surface area contributed by atoms with Gasteiger partial charge in [-0.15, -0.1) is 0 Å². The number of carbonyl (C=O) groups excluding carboxylic acids is 3. The molecule has 0 spiro atoms. The van der Waals surface area contributed by atoms with Gasteiger partial charge in [-0.2, -0.15) is 13.2 Å². The number of anilines is 1. The van der Waals surface area contributed by atoms with Gasteiger partial charge in [-0.05, 0) is 48.1 Å². The number of alkyl halides is 3. The molecule has 0 unspecified atom stereocenters. The van der Waals surface area contributed by atoms with Crippen LogP contribution < -0.4 is 16.0 Å². The zero-order valence-corrected chi connectivity index (χ0v) is 23.8. The highest BCUT2D eigenvalue weighted by molar-refractivity contribution is 5.81. The van der Waals surface area contributed by atoms with Gasteiger partial charge in [0.1, 0.15) is 6.61 Å². The third-order valence-electron chi connectivity index (χ3n) is 7.75. The highest BCUT2D eigenvalue weighted by Crippen LogP contribution is 2.32. The van der Waals surface area contributed by atoms with Gasteiger partial charge in [0, 0.05) is 38.4 Å². The molecule has 2 aromatic rings. The van der Waals surface area contributed by atoms with Gasteiger partial charge in [0.05, 0.1) is 18.7 Å². The van der Waals surface area contributed by atoms with Crippen molar-refractivity contribution < 1.29 is 32.3 Å². The molecule has 42 heavy (non-hydrogen) atoms. The van der Waals surface area contributed by atoms with Crippen molar-refractivity contribution >= 4 is 23.7 Å². The van der Waals surface area contributed by atoms with Gasteiger partial charge < -0.3 is 30.5 Å². The number of halogens is 3. The van der Waals surface area contributed by atoms with Crippen LogP contribution in [-0.2, 0) is 35.2 Å². The van der Waals surface area contributed by atoms with Crippen molar-refractivity contribution in [2.75, 3.05) is 38.6 Å². The van der Waals surface area contributed by atoms with Crippen LogP contribution in [0.1, 0.15) is 54.4 Å². The lowest BCUT2D eigenvalue weighted by Crippen LogP contribution is -2.47. The third kappa shape index (κ3) is 8.29. The number of hydrogen-bond donors (Lipinski definition) is 3. The molecule has 4 rings (SSSR count). The van der Waals surface area contributed by atoms with E-state index in [1.807, 2.05) is 18.2 Å². The average molecular weight is 590 g/mol. The molecule has 0 atom stereocenters. The van der Waals surface area contributed by atoms with E-state index in [1.54, 1.807) is 4.90 Å². The molecule has 2 aromatic carbocycles. The summed E-state index contributed by atoms with van der Waals surface area (Å²) in [6.45, 7) is 0.253. The van der Waals surface area contributed by atoms with E-state index in [-0.39, 0.29) is 43.9 Å². The van der Waals surface area contributed by atoms with Crippen LogP contribution in [0.3, 0.4) is 0 Å². The third-order valence-corrected chi connectivity index (χ3v) is 7.75. The summed E-state index contributed by atoms with van der Waals surface area (Å²) in [6.07, 6.45) is 0.825. The first kappa shape index (κ1) is 31.0. The maximum Gasteiger partial charge on any atom is 0.416 e. The van der Waals surface area contributed by atoms with Crippen LogP contribution >= 0.6 is 0 Å². The Hall–Kier alpha value is -3.96. The molecule has 9 nitrogen and oxygen atoms in total. The molecule has 0 aromatic heterocycles. The molecule has 0 radical (unpaired) electrons. The Morgan fingerprint density at radius 1 is 1.05 bits per heavy atom. The standard InChI is InChI=1S/C30H38F3N5O4/c1-34-29(41)42-17-16-37(20-22-8-5-6-12-25(22)30(31,32)33)27(39)18-35-26-13-7-9-21-19-38(15-14-24(21)26)28(40)36-23-10-3-2-4-11-23/h5-9,12-13,23,35H,2-4,10-11,14-20H2,1H3,(H,34,41)(H,36,40). The predicted molar refractivity (Wildman–Crippen MR) is 152 cm³/mol. The number of urea groups is 1. The highest BCUT2D eigenvalue weighted by atomic mass is 19.4. The van der Waals surface area contributed by atoms with Gasteiger partial charge in [0.15, 0.2) is 0 Å². The monoisotopic (exact) mass is 589 g/mol. The van der Waals surface area contributed by atoms with E-state index in [0.717, 1.165) is 48.6 Å². The highest BCUT2D eigenvalue weighted by Gasteiger charge is 2.33. The summed E-state index contributed by atoms with van der Waals surface area (Å²) in [7, 11) is 1.39. The molecule has 4 amide bonds. The largest absolute Gasteiger partial charge is 0.448 e. The molecule has 0 saturated heterocycles. The van der Waals surface area contributed by atoms with E-state index in [4.69, 9.17) is 4.74 Å². The van der Waals surface area contributed by atoms with E-state index >= 15 is 0 Å². The van der Waals surface area contributed by atoms with E-state index < -0.39 is 23.7 Å². The summed E-state index contributed by atoms with van der Waals surface area (Å²) in [5.41, 5.74) is 1.85. The normalized spacial score (nSPS) is 15.4. The molecule has 3 N–H and O–H groups in total. The Bertz CT molecular complexity index is 1250. The van der Waals surface area contributed by atoms with Crippen LogP contribution in [0.25, 0.3) is 0 Å². The van der Waals surface area contributed by atoms with Crippen LogP contribution in [0, 0.1) is 0 Å². The Labute approximate surface area is 243 Å².